The molecule has 2 unspecified atom stereocenters. The third-order valence-electron chi connectivity index (χ3n) is 5.12. The van der Waals surface area contributed by atoms with Crippen LogP contribution in [0.5, 0.6) is 5.75 Å². The van der Waals surface area contributed by atoms with Crippen LogP contribution >= 0.6 is 7.75 Å². The van der Waals surface area contributed by atoms with Crippen molar-refractivity contribution < 1.29 is 23.5 Å². The molecule has 13 heteroatoms. The largest absolute Gasteiger partial charge is 0.480 e. The van der Waals surface area contributed by atoms with E-state index in [1.54, 1.807) is 36.7 Å². The number of fused-ring (bicyclic) bond motifs is 1. The first kappa shape index (κ1) is 22.7. The van der Waals surface area contributed by atoms with Gasteiger partial charge in [-0.3, -0.25) is 9.32 Å². The first-order valence-electron chi connectivity index (χ1n) is 10.2. The van der Waals surface area contributed by atoms with E-state index >= 15 is 0 Å². The van der Waals surface area contributed by atoms with Gasteiger partial charge in [-0.2, -0.15) is 15.1 Å². The zero-order valence-electron chi connectivity index (χ0n) is 17.7. The van der Waals surface area contributed by atoms with Gasteiger partial charge in [0, 0.05) is 5.92 Å². The number of hydrogen-bond donors (Lipinski definition) is 4. The molecular formula is C20H24N7O5P. The smallest absolute Gasteiger partial charge is 0.459 e. The molecular weight excluding hydrogens is 449 g/mol. The molecule has 0 amide bonds. The molecule has 1 aliphatic rings. The number of rotatable bonds is 9. The Kier molecular flexibility index (Phi) is 6.32. The number of hydrogen-bond acceptors (Lipinski definition) is 9. The fourth-order valence-electron chi connectivity index (χ4n) is 3.48. The summed E-state index contributed by atoms with van der Waals surface area (Å²) in [5, 5.41) is 11.7. The fraction of sp³-hybridized carbons (Fsp3) is 0.300. The Morgan fingerprint density at radius 2 is 2.06 bits per heavy atom. The Hall–Kier alpha value is -3.47. The quantitative estimate of drug-likeness (QED) is 0.264. The number of nitrogens with two attached hydrogens (primary N) is 2. The van der Waals surface area contributed by atoms with Crippen molar-refractivity contribution in [2.45, 2.75) is 25.4 Å². The van der Waals surface area contributed by atoms with Gasteiger partial charge < -0.3 is 25.7 Å². The second-order valence-electron chi connectivity index (χ2n) is 7.63. The third kappa shape index (κ3) is 5.14. The van der Waals surface area contributed by atoms with Gasteiger partial charge in [0.25, 0.3) is 0 Å². The Morgan fingerprint density at radius 1 is 1.30 bits per heavy atom. The number of allylic oxidation sites excluding steroid dienone is 1. The minimum atomic E-state index is -3.97. The molecule has 0 radical (unpaired) electrons. The normalized spacial score (nSPS) is 20.5. The summed E-state index contributed by atoms with van der Waals surface area (Å²) in [6.45, 7) is 1.41. The third-order valence-corrected chi connectivity index (χ3v) is 6.77. The van der Waals surface area contributed by atoms with Gasteiger partial charge in [0.2, 0.25) is 5.95 Å². The Bertz CT molecular complexity index is 1230. The van der Waals surface area contributed by atoms with Crippen LogP contribution in [0.25, 0.3) is 11.2 Å². The zero-order chi connectivity index (χ0) is 23.6. The second-order valence-corrected chi connectivity index (χ2v) is 9.32. The number of aromatic nitrogens is 4. The van der Waals surface area contributed by atoms with E-state index in [0.29, 0.717) is 23.3 Å². The minimum absolute atomic E-state index is 0.0440. The first-order chi connectivity index (χ1) is 15.7. The van der Waals surface area contributed by atoms with Crippen molar-refractivity contribution in [2.24, 2.45) is 5.92 Å². The van der Waals surface area contributed by atoms with E-state index in [-0.39, 0.29) is 30.3 Å². The predicted octanol–water partition coefficient (Wildman–Crippen LogP) is 2.37. The van der Waals surface area contributed by atoms with Gasteiger partial charge >= 0.3 is 13.7 Å². The van der Waals surface area contributed by atoms with Crippen LogP contribution in [-0.4, -0.2) is 43.2 Å². The summed E-state index contributed by atoms with van der Waals surface area (Å²) in [6.07, 6.45) is 6.11. The summed E-state index contributed by atoms with van der Waals surface area (Å²) in [4.78, 5) is 23.7. The molecule has 2 aromatic heterocycles. The molecule has 0 spiro atoms. The standard InChI is InChI=1S/C20H24N7O5P/c1-12(19(28)29)26-33(30,32-15-5-3-2-4-6-15)31-10-13-7-8-14(9-13)27-11-23-16-17(21)24-20(22)25-18(16)27/h2-8,11-14H,9-10H2,1H3,(H,26,30)(H,28,29)(H4,21,22,24,25)/t12?,13-,14+,33?/m1/s1. The molecule has 174 valence electrons. The number of aliphatic carboxylic acids is 1. The van der Waals surface area contributed by atoms with E-state index in [9.17, 15) is 14.5 Å². The summed E-state index contributed by atoms with van der Waals surface area (Å²) in [7, 11) is -3.97. The van der Waals surface area contributed by atoms with E-state index in [4.69, 9.17) is 20.5 Å². The van der Waals surface area contributed by atoms with Crippen LogP contribution in [0.15, 0.2) is 48.8 Å². The highest BCUT2D eigenvalue weighted by atomic mass is 31.2. The lowest BCUT2D eigenvalue weighted by Crippen LogP contribution is -2.33. The molecule has 2 heterocycles. The molecule has 0 fully saturated rings. The van der Waals surface area contributed by atoms with Crippen LogP contribution in [0.1, 0.15) is 19.4 Å². The molecule has 0 aliphatic heterocycles. The molecule has 3 aromatic rings. The number of para-hydroxylation sites is 1. The summed E-state index contributed by atoms with van der Waals surface area (Å²) in [5.41, 5.74) is 12.6. The SMILES string of the molecule is CC(NP(=O)(OC[C@@H]1C=C[C@H](n2cnc3c(N)nc(N)nc32)C1)Oc1ccccc1)C(=O)O. The van der Waals surface area contributed by atoms with Crippen LogP contribution < -0.4 is 21.1 Å². The van der Waals surface area contributed by atoms with E-state index in [2.05, 4.69) is 20.0 Å². The number of nitrogens with zero attached hydrogens (tertiary/aromatic N) is 4. The van der Waals surface area contributed by atoms with Crippen molar-refractivity contribution in [1.29, 1.82) is 0 Å². The van der Waals surface area contributed by atoms with Gasteiger partial charge in [0.05, 0.1) is 19.0 Å². The first-order valence-corrected chi connectivity index (χ1v) is 11.7. The van der Waals surface area contributed by atoms with Crippen LogP contribution in [0.2, 0.25) is 0 Å². The van der Waals surface area contributed by atoms with Gasteiger partial charge in [-0.25, -0.2) is 9.55 Å². The highest BCUT2D eigenvalue weighted by molar-refractivity contribution is 7.52. The molecule has 1 aliphatic carbocycles. The van der Waals surface area contributed by atoms with Crippen molar-refractivity contribution in [3.8, 4) is 5.75 Å². The highest BCUT2D eigenvalue weighted by Crippen LogP contribution is 2.46. The van der Waals surface area contributed by atoms with Crippen LogP contribution in [0.3, 0.4) is 0 Å². The van der Waals surface area contributed by atoms with E-state index in [1.165, 1.54) is 6.92 Å². The highest BCUT2D eigenvalue weighted by Gasteiger charge is 2.33. The lowest BCUT2D eigenvalue weighted by atomic mass is 10.1. The Balaban J connectivity index is 1.45. The number of benzene rings is 1. The van der Waals surface area contributed by atoms with E-state index in [0.717, 1.165) is 0 Å². The summed E-state index contributed by atoms with van der Waals surface area (Å²) in [5.74, 6) is -0.732. The van der Waals surface area contributed by atoms with Crippen molar-refractivity contribution in [1.82, 2.24) is 24.6 Å². The molecule has 4 rings (SSSR count). The lowest BCUT2D eigenvalue weighted by molar-refractivity contribution is -0.138. The summed E-state index contributed by atoms with van der Waals surface area (Å²) < 4.78 is 26.3. The maximum atomic E-state index is 13.3. The molecule has 33 heavy (non-hydrogen) atoms. The maximum absolute atomic E-state index is 13.3. The topological polar surface area (TPSA) is 180 Å². The van der Waals surface area contributed by atoms with E-state index in [1.807, 2.05) is 16.7 Å². The van der Waals surface area contributed by atoms with Gasteiger partial charge in [0.1, 0.15) is 17.3 Å². The maximum Gasteiger partial charge on any atom is 0.459 e. The van der Waals surface area contributed by atoms with Crippen molar-refractivity contribution in [3.63, 3.8) is 0 Å². The van der Waals surface area contributed by atoms with Crippen molar-refractivity contribution >= 4 is 36.6 Å². The number of carboxylic acids is 1. The molecule has 0 saturated carbocycles. The predicted molar refractivity (Wildman–Crippen MR) is 121 cm³/mol. The average Bonchev–Trinajstić information content (AvgIpc) is 3.40. The average molecular weight is 473 g/mol. The molecule has 0 saturated heterocycles. The van der Waals surface area contributed by atoms with Crippen molar-refractivity contribution in [3.05, 3.63) is 48.8 Å². The Morgan fingerprint density at radius 3 is 2.79 bits per heavy atom. The van der Waals surface area contributed by atoms with Gasteiger partial charge in [-0.1, -0.05) is 30.4 Å². The van der Waals surface area contributed by atoms with Gasteiger partial charge in [-0.15, -0.1) is 0 Å². The monoisotopic (exact) mass is 473 g/mol. The lowest BCUT2D eigenvalue weighted by Gasteiger charge is -2.23. The minimum Gasteiger partial charge on any atom is -0.480 e. The number of imidazole rings is 1. The number of nitrogen functional groups attached to an aromatic ring is 2. The van der Waals surface area contributed by atoms with Gasteiger partial charge in [0.15, 0.2) is 11.5 Å². The van der Waals surface area contributed by atoms with Gasteiger partial charge in [-0.05, 0) is 25.5 Å². The zero-order valence-corrected chi connectivity index (χ0v) is 18.6. The molecule has 4 atom stereocenters. The molecule has 1 aromatic carbocycles. The molecule has 6 N–H and O–H groups in total. The summed E-state index contributed by atoms with van der Waals surface area (Å²) in [6, 6.07) is 7.18. The molecule has 0 bridgehead atoms. The van der Waals surface area contributed by atoms with Crippen molar-refractivity contribution in [2.75, 3.05) is 18.1 Å². The van der Waals surface area contributed by atoms with Crippen LogP contribution in [0.4, 0.5) is 11.8 Å². The summed E-state index contributed by atoms with van der Waals surface area (Å²) >= 11 is 0. The second kappa shape index (κ2) is 9.18. The van der Waals surface area contributed by atoms with Crippen LogP contribution in [-0.2, 0) is 13.9 Å². The van der Waals surface area contributed by atoms with E-state index < -0.39 is 19.8 Å². The number of nitrogens with one attached hydrogen (secondary N) is 1. The number of carboxylic acid groups (broad SMARTS) is 1. The Labute approximate surface area is 189 Å². The number of carbonyl (C=O) groups is 1. The molecule has 12 nitrogen and oxygen atoms in total. The fourth-order valence-corrected chi connectivity index (χ4v) is 5.03. The number of anilines is 2. The van der Waals surface area contributed by atoms with Crippen LogP contribution in [0, 0.1) is 5.92 Å².